The first-order valence-electron chi connectivity index (χ1n) is 6.15. The van der Waals surface area contributed by atoms with E-state index in [1.165, 1.54) is 0 Å². The lowest BCUT2D eigenvalue weighted by atomic mass is 9.97. The van der Waals surface area contributed by atoms with Gasteiger partial charge in [-0.3, -0.25) is 0 Å². The van der Waals surface area contributed by atoms with Gasteiger partial charge in [0.15, 0.2) is 0 Å². The number of aliphatic hydroxyl groups is 1. The van der Waals surface area contributed by atoms with Crippen LogP contribution in [-0.4, -0.2) is 27.3 Å². The van der Waals surface area contributed by atoms with Crippen LogP contribution in [0.3, 0.4) is 0 Å². The van der Waals surface area contributed by atoms with Crippen LogP contribution in [0.25, 0.3) is 0 Å². The fourth-order valence-electron chi connectivity index (χ4n) is 1.93. The lowest BCUT2D eigenvalue weighted by Gasteiger charge is -2.20. The molecule has 1 aromatic rings. The molecular weight excluding hydrogens is 202 g/mol. The van der Waals surface area contributed by atoms with Crippen molar-refractivity contribution in [1.29, 1.82) is 0 Å². The molecule has 16 heavy (non-hydrogen) atoms. The fraction of sp³-hybridized carbons (Fsp3) is 0.750. The highest BCUT2D eigenvalue weighted by Gasteiger charge is 2.15. The first-order chi connectivity index (χ1) is 7.72. The van der Waals surface area contributed by atoms with Crippen LogP contribution < -0.4 is 5.32 Å². The Morgan fingerprint density at radius 1 is 1.38 bits per heavy atom. The van der Waals surface area contributed by atoms with Gasteiger partial charge in [0.05, 0.1) is 6.10 Å². The quantitative estimate of drug-likeness (QED) is 0.747. The van der Waals surface area contributed by atoms with Crippen LogP contribution in [0, 0.1) is 5.92 Å². The number of hydrogen-bond acceptors (Lipinski definition) is 3. The van der Waals surface area contributed by atoms with E-state index in [0.29, 0.717) is 12.5 Å². The summed E-state index contributed by atoms with van der Waals surface area (Å²) in [6.07, 6.45) is 5.45. The normalized spacial score (nSPS) is 13.1. The molecule has 1 atom stereocenters. The summed E-state index contributed by atoms with van der Waals surface area (Å²) in [5.74, 6) is 1.21. The van der Waals surface area contributed by atoms with Crippen molar-refractivity contribution in [3.05, 3.63) is 12.4 Å². The van der Waals surface area contributed by atoms with Gasteiger partial charge in [-0.15, -0.1) is 0 Å². The van der Waals surface area contributed by atoms with E-state index in [-0.39, 0.29) is 6.10 Å². The molecule has 0 amide bonds. The standard InChI is InChI=1S/C12H23N3O/c1-4-10(5-2)11(16)9-14-12-13-7-8-15(12)6-3/h7-8,10-11,16H,4-6,9H2,1-3H3,(H,13,14). The van der Waals surface area contributed by atoms with Gasteiger partial charge in [-0.2, -0.15) is 0 Å². The lowest BCUT2D eigenvalue weighted by Crippen LogP contribution is -2.28. The average molecular weight is 225 g/mol. The molecule has 1 unspecified atom stereocenters. The minimum absolute atomic E-state index is 0.294. The van der Waals surface area contributed by atoms with Crippen molar-refractivity contribution >= 4 is 5.95 Å². The zero-order valence-corrected chi connectivity index (χ0v) is 10.5. The number of aliphatic hydroxyl groups excluding tert-OH is 1. The predicted molar refractivity (Wildman–Crippen MR) is 66.5 cm³/mol. The Kier molecular flexibility index (Phi) is 5.32. The van der Waals surface area contributed by atoms with Gasteiger partial charge in [0.1, 0.15) is 0 Å². The molecule has 0 bridgehead atoms. The zero-order chi connectivity index (χ0) is 12.0. The largest absolute Gasteiger partial charge is 0.391 e. The highest BCUT2D eigenvalue weighted by atomic mass is 16.3. The van der Waals surface area contributed by atoms with E-state index < -0.39 is 0 Å². The fourth-order valence-corrected chi connectivity index (χ4v) is 1.93. The molecule has 0 saturated carbocycles. The second kappa shape index (κ2) is 6.53. The van der Waals surface area contributed by atoms with Gasteiger partial charge in [-0.1, -0.05) is 26.7 Å². The molecule has 0 spiro atoms. The molecule has 0 aliphatic rings. The maximum Gasteiger partial charge on any atom is 0.202 e. The minimum Gasteiger partial charge on any atom is -0.391 e. The van der Waals surface area contributed by atoms with Crippen molar-refractivity contribution in [3.8, 4) is 0 Å². The summed E-state index contributed by atoms with van der Waals surface area (Å²) in [6.45, 7) is 7.77. The Labute approximate surface area is 97.7 Å². The van der Waals surface area contributed by atoms with Crippen molar-refractivity contribution in [1.82, 2.24) is 9.55 Å². The van der Waals surface area contributed by atoms with Crippen LogP contribution in [0.5, 0.6) is 0 Å². The number of aryl methyl sites for hydroxylation is 1. The summed E-state index contributed by atoms with van der Waals surface area (Å²) in [4.78, 5) is 4.21. The van der Waals surface area contributed by atoms with Crippen LogP contribution in [0.4, 0.5) is 5.95 Å². The predicted octanol–water partition coefficient (Wildman–Crippen LogP) is 2.11. The summed E-state index contributed by atoms with van der Waals surface area (Å²) in [5.41, 5.74) is 0. The highest BCUT2D eigenvalue weighted by Crippen LogP contribution is 2.13. The molecule has 0 radical (unpaired) electrons. The molecule has 0 saturated heterocycles. The van der Waals surface area contributed by atoms with E-state index in [1.54, 1.807) is 6.20 Å². The van der Waals surface area contributed by atoms with Crippen molar-refractivity contribution in [2.24, 2.45) is 5.92 Å². The molecule has 1 heterocycles. The molecule has 0 aliphatic heterocycles. The van der Waals surface area contributed by atoms with Crippen LogP contribution in [0.2, 0.25) is 0 Å². The summed E-state index contributed by atoms with van der Waals surface area (Å²) < 4.78 is 2.03. The summed E-state index contributed by atoms with van der Waals surface area (Å²) in [5, 5.41) is 13.2. The SMILES string of the molecule is CCC(CC)C(O)CNc1nccn1CC. The van der Waals surface area contributed by atoms with Gasteiger partial charge >= 0.3 is 0 Å². The molecule has 4 nitrogen and oxygen atoms in total. The van der Waals surface area contributed by atoms with Crippen molar-refractivity contribution in [2.45, 2.75) is 46.3 Å². The monoisotopic (exact) mass is 225 g/mol. The Morgan fingerprint density at radius 2 is 2.06 bits per heavy atom. The van der Waals surface area contributed by atoms with E-state index in [0.717, 1.165) is 25.3 Å². The molecule has 92 valence electrons. The number of hydrogen-bond donors (Lipinski definition) is 2. The summed E-state index contributed by atoms with van der Waals surface area (Å²) >= 11 is 0. The maximum atomic E-state index is 9.97. The van der Waals surface area contributed by atoms with Crippen molar-refractivity contribution < 1.29 is 5.11 Å². The molecule has 1 aromatic heterocycles. The smallest absolute Gasteiger partial charge is 0.202 e. The number of nitrogens with one attached hydrogen (secondary N) is 1. The summed E-state index contributed by atoms with van der Waals surface area (Å²) in [7, 11) is 0. The first kappa shape index (κ1) is 13.0. The van der Waals surface area contributed by atoms with Gasteiger partial charge < -0.3 is 15.0 Å². The van der Waals surface area contributed by atoms with Crippen LogP contribution >= 0.6 is 0 Å². The Hall–Kier alpha value is -1.03. The van der Waals surface area contributed by atoms with E-state index in [4.69, 9.17) is 0 Å². The number of rotatable bonds is 7. The molecule has 0 aromatic carbocycles. The highest BCUT2D eigenvalue weighted by molar-refractivity contribution is 5.25. The Bertz CT molecular complexity index is 294. The van der Waals surface area contributed by atoms with Gasteiger partial charge in [0.2, 0.25) is 5.95 Å². The van der Waals surface area contributed by atoms with Gasteiger partial charge in [-0.25, -0.2) is 4.98 Å². The molecular formula is C12H23N3O. The Balaban J connectivity index is 2.45. The van der Waals surface area contributed by atoms with E-state index >= 15 is 0 Å². The first-order valence-corrected chi connectivity index (χ1v) is 6.15. The Morgan fingerprint density at radius 3 is 2.62 bits per heavy atom. The lowest BCUT2D eigenvalue weighted by molar-refractivity contribution is 0.114. The number of aromatic nitrogens is 2. The van der Waals surface area contributed by atoms with Crippen LogP contribution in [0.1, 0.15) is 33.6 Å². The van der Waals surface area contributed by atoms with Gasteiger partial charge in [0, 0.05) is 25.5 Å². The molecule has 1 rings (SSSR count). The van der Waals surface area contributed by atoms with E-state index in [2.05, 4.69) is 31.1 Å². The third kappa shape index (κ3) is 3.23. The number of nitrogens with zero attached hydrogens (tertiary/aromatic N) is 2. The number of anilines is 1. The van der Waals surface area contributed by atoms with Gasteiger partial charge in [-0.05, 0) is 12.8 Å². The van der Waals surface area contributed by atoms with E-state index in [9.17, 15) is 5.11 Å². The topological polar surface area (TPSA) is 50.1 Å². The molecule has 4 heteroatoms. The molecule has 2 N–H and O–H groups in total. The molecule has 0 aliphatic carbocycles. The van der Waals surface area contributed by atoms with Gasteiger partial charge in [0.25, 0.3) is 0 Å². The number of imidazole rings is 1. The third-order valence-electron chi connectivity index (χ3n) is 3.12. The maximum absolute atomic E-state index is 9.97. The van der Waals surface area contributed by atoms with Crippen molar-refractivity contribution in [2.75, 3.05) is 11.9 Å². The second-order valence-electron chi connectivity index (χ2n) is 4.06. The van der Waals surface area contributed by atoms with Crippen LogP contribution in [-0.2, 0) is 6.54 Å². The zero-order valence-electron chi connectivity index (χ0n) is 10.5. The third-order valence-corrected chi connectivity index (χ3v) is 3.12. The van der Waals surface area contributed by atoms with Crippen molar-refractivity contribution in [3.63, 3.8) is 0 Å². The second-order valence-corrected chi connectivity index (χ2v) is 4.06. The molecule has 0 fully saturated rings. The van der Waals surface area contributed by atoms with E-state index in [1.807, 2.05) is 10.8 Å². The summed E-state index contributed by atoms with van der Waals surface area (Å²) in [6, 6.07) is 0. The van der Waals surface area contributed by atoms with Crippen LogP contribution in [0.15, 0.2) is 12.4 Å². The minimum atomic E-state index is -0.294. The average Bonchev–Trinajstić information content (AvgIpc) is 2.75.